The van der Waals surface area contributed by atoms with Crippen LogP contribution in [0.25, 0.3) is 0 Å². The number of nitrogens with one attached hydrogen (secondary N) is 1. The van der Waals surface area contributed by atoms with Crippen LogP contribution in [0, 0.1) is 5.92 Å². The predicted octanol–water partition coefficient (Wildman–Crippen LogP) is 3.81. The lowest BCUT2D eigenvalue weighted by molar-refractivity contribution is -0.166. The van der Waals surface area contributed by atoms with Crippen molar-refractivity contribution in [2.24, 2.45) is 5.92 Å². The number of carbonyl (C=O) groups is 1. The normalized spacial score (nSPS) is 21.6. The molecule has 1 aliphatic heterocycles. The molecular formula is C22H27NO4S. The average Bonchev–Trinajstić information content (AvgIpc) is 3.26. The van der Waals surface area contributed by atoms with E-state index in [1.165, 1.54) is 0 Å². The molecule has 0 saturated heterocycles. The van der Waals surface area contributed by atoms with E-state index in [1.54, 1.807) is 11.3 Å². The fourth-order valence-corrected chi connectivity index (χ4v) is 4.18. The highest BCUT2D eigenvalue weighted by Crippen LogP contribution is 2.40. The quantitative estimate of drug-likeness (QED) is 0.670. The van der Waals surface area contributed by atoms with Crippen LogP contribution >= 0.6 is 11.3 Å². The standard InChI is InChI=1S/C22H27NO4S/c1-2-26-22-18(9-6-11-24)19(17-10-12-28-15-17)13-20(27-22)21(25)23-14-16-7-4-3-5-8-16/h3-5,7-8,10,12-13,15,18-19,22,24H,2,6,9,11,14H2,1H3,(H,23,25)/t18-,19+,22+/m1/s1. The molecule has 6 heteroatoms. The Kier molecular flexibility index (Phi) is 7.65. The Balaban J connectivity index is 1.79. The summed E-state index contributed by atoms with van der Waals surface area (Å²) in [5.74, 6) is 0.119. The number of benzene rings is 1. The van der Waals surface area contributed by atoms with E-state index in [9.17, 15) is 9.90 Å². The maximum atomic E-state index is 12.8. The van der Waals surface area contributed by atoms with Gasteiger partial charge in [-0.05, 0) is 53.8 Å². The largest absolute Gasteiger partial charge is 0.459 e. The van der Waals surface area contributed by atoms with Crippen molar-refractivity contribution in [2.75, 3.05) is 13.2 Å². The van der Waals surface area contributed by atoms with Gasteiger partial charge in [-0.1, -0.05) is 30.3 Å². The fourth-order valence-electron chi connectivity index (χ4n) is 3.47. The van der Waals surface area contributed by atoms with Gasteiger partial charge in [0.1, 0.15) is 0 Å². The van der Waals surface area contributed by atoms with E-state index in [0.717, 1.165) is 17.5 Å². The highest BCUT2D eigenvalue weighted by Gasteiger charge is 2.37. The first-order valence-electron chi connectivity index (χ1n) is 9.68. The monoisotopic (exact) mass is 401 g/mol. The van der Waals surface area contributed by atoms with E-state index in [0.29, 0.717) is 25.3 Å². The van der Waals surface area contributed by atoms with E-state index >= 15 is 0 Å². The third-order valence-electron chi connectivity index (χ3n) is 4.86. The minimum absolute atomic E-state index is 0.0144. The topological polar surface area (TPSA) is 67.8 Å². The number of hydrogen-bond donors (Lipinski definition) is 2. The SMILES string of the molecule is CCO[C@H]1OC(C(=O)NCc2ccccc2)=C[C@@H](c2ccsc2)[C@H]1CCCO. The smallest absolute Gasteiger partial charge is 0.286 e. The molecule has 1 amide bonds. The van der Waals surface area contributed by atoms with Gasteiger partial charge in [0, 0.05) is 31.6 Å². The summed E-state index contributed by atoms with van der Waals surface area (Å²) in [6, 6.07) is 11.9. The molecule has 5 nitrogen and oxygen atoms in total. The molecule has 1 aromatic heterocycles. The first-order valence-corrected chi connectivity index (χ1v) is 10.6. The van der Waals surface area contributed by atoms with Gasteiger partial charge in [0.2, 0.25) is 6.29 Å². The third-order valence-corrected chi connectivity index (χ3v) is 5.56. The van der Waals surface area contributed by atoms with Gasteiger partial charge in [0.25, 0.3) is 5.91 Å². The highest BCUT2D eigenvalue weighted by atomic mass is 32.1. The Bertz CT molecular complexity index is 760. The first kappa shape index (κ1) is 20.6. The molecular weight excluding hydrogens is 374 g/mol. The van der Waals surface area contributed by atoms with Crippen molar-refractivity contribution >= 4 is 17.2 Å². The molecule has 3 atom stereocenters. The number of ether oxygens (including phenoxy) is 2. The zero-order valence-electron chi connectivity index (χ0n) is 16.0. The number of carbonyl (C=O) groups excluding carboxylic acids is 1. The first-order chi connectivity index (χ1) is 13.7. The summed E-state index contributed by atoms with van der Waals surface area (Å²) in [7, 11) is 0. The lowest BCUT2D eigenvalue weighted by Crippen LogP contribution is -2.38. The summed E-state index contributed by atoms with van der Waals surface area (Å²) in [5.41, 5.74) is 2.18. The molecule has 1 aromatic carbocycles. The second kappa shape index (κ2) is 10.4. The van der Waals surface area contributed by atoms with Crippen molar-refractivity contribution in [1.29, 1.82) is 0 Å². The summed E-state index contributed by atoms with van der Waals surface area (Å²) in [4.78, 5) is 12.8. The summed E-state index contributed by atoms with van der Waals surface area (Å²) >= 11 is 1.63. The second-order valence-electron chi connectivity index (χ2n) is 6.75. The van der Waals surface area contributed by atoms with Crippen molar-refractivity contribution in [2.45, 2.75) is 38.5 Å². The molecule has 0 radical (unpaired) electrons. The number of thiophene rings is 1. The summed E-state index contributed by atoms with van der Waals surface area (Å²) in [5, 5.41) is 16.4. The molecule has 0 spiro atoms. The molecule has 2 heterocycles. The number of rotatable bonds is 9. The minimum atomic E-state index is -0.510. The van der Waals surface area contributed by atoms with Crippen LogP contribution in [0.3, 0.4) is 0 Å². The Morgan fingerprint density at radius 1 is 1.29 bits per heavy atom. The van der Waals surface area contributed by atoms with Crippen LogP contribution < -0.4 is 5.32 Å². The molecule has 0 fully saturated rings. The lowest BCUT2D eigenvalue weighted by Gasteiger charge is -2.36. The van der Waals surface area contributed by atoms with Gasteiger partial charge in [-0.2, -0.15) is 11.3 Å². The summed E-state index contributed by atoms with van der Waals surface area (Å²) in [6.07, 6.45) is 2.82. The second-order valence-corrected chi connectivity index (χ2v) is 7.53. The van der Waals surface area contributed by atoms with Crippen molar-refractivity contribution in [3.8, 4) is 0 Å². The Labute approximate surface area is 170 Å². The van der Waals surface area contributed by atoms with E-state index in [1.807, 2.05) is 48.7 Å². The van der Waals surface area contributed by atoms with Crippen LogP contribution in [-0.2, 0) is 20.8 Å². The van der Waals surface area contributed by atoms with Crippen molar-refractivity contribution in [3.63, 3.8) is 0 Å². The zero-order valence-corrected chi connectivity index (χ0v) is 16.9. The summed E-state index contributed by atoms with van der Waals surface area (Å²) < 4.78 is 11.8. The Hall–Kier alpha value is -2.15. The van der Waals surface area contributed by atoms with Gasteiger partial charge in [-0.25, -0.2) is 0 Å². The maximum Gasteiger partial charge on any atom is 0.286 e. The number of amides is 1. The van der Waals surface area contributed by atoms with E-state index in [-0.39, 0.29) is 24.3 Å². The molecule has 150 valence electrons. The van der Waals surface area contributed by atoms with Gasteiger partial charge < -0.3 is 19.9 Å². The Morgan fingerprint density at radius 2 is 2.11 bits per heavy atom. The fraction of sp³-hybridized carbons (Fsp3) is 0.409. The van der Waals surface area contributed by atoms with Crippen LogP contribution in [0.15, 0.2) is 59.0 Å². The molecule has 2 aromatic rings. The van der Waals surface area contributed by atoms with E-state index < -0.39 is 6.29 Å². The van der Waals surface area contributed by atoms with Crippen molar-refractivity contribution in [1.82, 2.24) is 5.32 Å². The van der Waals surface area contributed by atoms with Gasteiger partial charge in [-0.15, -0.1) is 0 Å². The van der Waals surface area contributed by atoms with Gasteiger partial charge in [-0.3, -0.25) is 4.79 Å². The predicted molar refractivity (Wildman–Crippen MR) is 110 cm³/mol. The molecule has 3 rings (SSSR count). The minimum Gasteiger partial charge on any atom is -0.459 e. The van der Waals surface area contributed by atoms with Crippen LogP contribution in [0.4, 0.5) is 0 Å². The molecule has 0 saturated carbocycles. The molecule has 1 aliphatic rings. The molecule has 0 aliphatic carbocycles. The molecule has 28 heavy (non-hydrogen) atoms. The number of hydrogen-bond acceptors (Lipinski definition) is 5. The van der Waals surface area contributed by atoms with E-state index in [4.69, 9.17) is 9.47 Å². The van der Waals surface area contributed by atoms with Gasteiger partial charge >= 0.3 is 0 Å². The average molecular weight is 402 g/mol. The van der Waals surface area contributed by atoms with Crippen LogP contribution in [0.5, 0.6) is 0 Å². The van der Waals surface area contributed by atoms with Gasteiger partial charge in [0.05, 0.1) is 0 Å². The van der Waals surface area contributed by atoms with Crippen LogP contribution in [0.2, 0.25) is 0 Å². The highest BCUT2D eigenvalue weighted by molar-refractivity contribution is 7.08. The number of aliphatic hydroxyl groups is 1. The van der Waals surface area contributed by atoms with Gasteiger partial charge in [0.15, 0.2) is 5.76 Å². The van der Waals surface area contributed by atoms with Crippen LogP contribution in [-0.4, -0.2) is 30.5 Å². The molecule has 2 N–H and O–H groups in total. The number of aliphatic hydroxyl groups excluding tert-OH is 1. The lowest BCUT2D eigenvalue weighted by atomic mass is 9.81. The number of allylic oxidation sites excluding steroid dienone is 1. The van der Waals surface area contributed by atoms with Crippen molar-refractivity contribution < 1.29 is 19.4 Å². The Morgan fingerprint density at radius 3 is 2.79 bits per heavy atom. The molecule has 0 unspecified atom stereocenters. The molecule has 0 bridgehead atoms. The third kappa shape index (κ3) is 5.22. The van der Waals surface area contributed by atoms with E-state index in [2.05, 4.69) is 16.8 Å². The maximum absolute atomic E-state index is 12.8. The zero-order chi connectivity index (χ0) is 19.8. The van der Waals surface area contributed by atoms with Crippen molar-refractivity contribution in [3.05, 3.63) is 70.1 Å². The van der Waals surface area contributed by atoms with Crippen LogP contribution in [0.1, 0.15) is 36.8 Å². The summed E-state index contributed by atoms with van der Waals surface area (Å²) in [6.45, 7) is 2.98.